The summed E-state index contributed by atoms with van der Waals surface area (Å²) in [5.41, 5.74) is 4.01. The van der Waals surface area contributed by atoms with Crippen LogP contribution in [0, 0.1) is 5.92 Å². The number of para-hydroxylation sites is 1. The van der Waals surface area contributed by atoms with Crippen molar-refractivity contribution in [2.45, 2.75) is 39.0 Å². The molecule has 1 aromatic carbocycles. The maximum atomic E-state index is 5.66. The summed E-state index contributed by atoms with van der Waals surface area (Å²) < 4.78 is 5.66. The minimum atomic E-state index is 0.829. The quantitative estimate of drug-likeness (QED) is 0.348. The van der Waals surface area contributed by atoms with Gasteiger partial charge in [0.05, 0.1) is 0 Å². The Labute approximate surface area is 156 Å². The van der Waals surface area contributed by atoms with Gasteiger partial charge < -0.3 is 20.4 Å². The van der Waals surface area contributed by atoms with Gasteiger partial charge in [-0.2, -0.15) is 0 Å². The van der Waals surface area contributed by atoms with Crippen LogP contribution in [0.5, 0.6) is 0 Å². The van der Waals surface area contributed by atoms with Crippen LogP contribution in [0.3, 0.4) is 0 Å². The van der Waals surface area contributed by atoms with Crippen molar-refractivity contribution >= 4 is 16.9 Å². The summed E-state index contributed by atoms with van der Waals surface area (Å²) in [5.74, 6) is 1.71. The van der Waals surface area contributed by atoms with Gasteiger partial charge in [-0.3, -0.25) is 4.99 Å². The van der Waals surface area contributed by atoms with Gasteiger partial charge in [-0.15, -0.1) is 0 Å². The summed E-state index contributed by atoms with van der Waals surface area (Å²) in [7, 11) is 1.82. The van der Waals surface area contributed by atoms with E-state index in [0.29, 0.717) is 0 Å². The third-order valence-electron chi connectivity index (χ3n) is 4.99. The molecule has 0 radical (unpaired) electrons. The molecule has 5 heteroatoms. The Balaban J connectivity index is 1.37. The highest BCUT2D eigenvalue weighted by atomic mass is 16.5. The maximum Gasteiger partial charge on any atom is 0.190 e. The van der Waals surface area contributed by atoms with Crippen molar-refractivity contribution in [1.82, 2.24) is 15.6 Å². The Morgan fingerprint density at radius 1 is 1.23 bits per heavy atom. The van der Waals surface area contributed by atoms with Crippen molar-refractivity contribution < 1.29 is 4.74 Å². The van der Waals surface area contributed by atoms with Crippen LogP contribution < -0.4 is 10.6 Å². The van der Waals surface area contributed by atoms with Crippen molar-refractivity contribution in [2.75, 3.05) is 33.4 Å². The molecule has 1 aliphatic carbocycles. The van der Waals surface area contributed by atoms with Crippen molar-refractivity contribution in [3.63, 3.8) is 0 Å². The van der Waals surface area contributed by atoms with Crippen LogP contribution in [0.25, 0.3) is 10.9 Å². The van der Waals surface area contributed by atoms with Gasteiger partial charge in [0.15, 0.2) is 5.96 Å². The lowest BCUT2D eigenvalue weighted by atomic mass is 10.1. The van der Waals surface area contributed by atoms with Gasteiger partial charge in [-0.25, -0.2) is 0 Å². The largest absolute Gasteiger partial charge is 0.381 e. The Morgan fingerprint density at radius 3 is 2.85 bits per heavy atom. The highest BCUT2D eigenvalue weighted by Gasteiger charge is 2.20. The number of nitrogens with one attached hydrogen (secondary N) is 3. The first-order chi connectivity index (χ1) is 12.8. The van der Waals surface area contributed by atoms with Crippen LogP contribution in [0.15, 0.2) is 29.4 Å². The molecule has 0 spiro atoms. The fourth-order valence-corrected chi connectivity index (χ4v) is 3.23. The second-order valence-electron chi connectivity index (χ2n) is 7.05. The normalized spacial score (nSPS) is 14.8. The number of H-pyrrole nitrogens is 1. The van der Waals surface area contributed by atoms with E-state index in [1.807, 2.05) is 7.05 Å². The molecule has 1 aromatic heterocycles. The molecule has 2 aromatic rings. The number of guanidine groups is 1. The number of aromatic nitrogens is 1. The summed E-state index contributed by atoms with van der Waals surface area (Å²) in [4.78, 5) is 7.74. The second-order valence-corrected chi connectivity index (χ2v) is 7.05. The highest BCUT2D eigenvalue weighted by Crippen LogP contribution is 2.28. The van der Waals surface area contributed by atoms with Crippen molar-refractivity contribution in [3.05, 3.63) is 35.5 Å². The number of hydrogen-bond acceptors (Lipinski definition) is 2. The van der Waals surface area contributed by atoms with E-state index in [4.69, 9.17) is 4.74 Å². The Kier molecular flexibility index (Phi) is 6.95. The van der Waals surface area contributed by atoms with E-state index in [-0.39, 0.29) is 0 Å². The van der Waals surface area contributed by atoms with Gasteiger partial charge in [-0.05, 0) is 49.1 Å². The molecule has 0 unspecified atom stereocenters. The molecule has 1 saturated carbocycles. The molecule has 0 aliphatic heterocycles. The molecule has 142 valence electrons. The molecular formula is C21H32N4O. The van der Waals surface area contributed by atoms with E-state index in [0.717, 1.165) is 57.4 Å². The van der Waals surface area contributed by atoms with Crippen molar-refractivity contribution in [1.29, 1.82) is 0 Å². The van der Waals surface area contributed by atoms with Gasteiger partial charge in [0.25, 0.3) is 0 Å². The SMILES string of the molecule is CCc1cccc2c(CCNC(=NC)NCCCOCC3CC3)c[nH]c12. The molecule has 5 nitrogen and oxygen atoms in total. The highest BCUT2D eigenvalue weighted by molar-refractivity contribution is 5.86. The predicted octanol–water partition coefficient (Wildman–Crippen LogP) is 3.25. The zero-order chi connectivity index (χ0) is 18.2. The fourth-order valence-electron chi connectivity index (χ4n) is 3.23. The van der Waals surface area contributed by atoms with E-state index in [2.05, 4.69) is 51.9 Å². The molecule has 1 heterocycles. The Morgan fingerprint density at radius 2 is 2.08 bits per heavy atom. The van der Waals surface area contributed by atoms with Crippen LogP contribution in [0.2, 0.25) is 0 Å². The third-order valence-corrected chi connectivity index (χ3v) is 4.99. The Hall–Kier alpha value is -2.01. The molecule has 3 rings (SSSR count). The smallest absolute Gasteiger partial charge is 0.190 e. The van der Waals surface area contributed by atoms with E-state index in [1.165, 1.54) is 34.9 Å². The first kappa shape index (κ1) is 18.8. The molecule has 0 saturated heterocycles. The van der Waals surface area contributed by atoms with Gasteiger partial charge in [0.2, 0.25) is 0 Å². The van der Waals surface area contributed by atoms with E-state index < -0.39 is 0 Å². The molecule has 0 bridgehead atoms. The fraction of sp³-hybridized carbons (Fsp3) is 0.571. The molecule has 1 fully saturated rings. The van der Waals surface area contributed by atoms with E-state index in [9.17, 15) is 0 Å². The van der Waals surface area contributed by atoms with Gasteiger partial charge in [-0.1, -0.05) is 25.1 Å². The lowest BCUT2D eigenvalue weighted by Gasteiger charge is -2.12. The molecule has 1 aliphatic rings. The van der Waals surface area contributed by atoms with Gasteiger partial charge in [0, 0.05) is 50.5 Å². The summed E-state index contributed by atoms with van der Waals surface area (Å²) in [5, 5.41) is 8.10. The number of benzene rings is 1. The number of aromatic amines is 1. The summed E-state index contributed by atoms with van der Waals surface area (Å²) in [6.45, 7) is 5.72. The third kappa shape index (κ3) is 5.24. The summed E-state index contributed by atoms with van der Waals surface area (Å²) >= 11 is 0. The number of fused-ring (bicyclic) bond motifs is 1. The van der Waals surface area contributed by atoms with E-state index in [1.54, 1.807) is 0 Å². The zero-order valence-corrected chi connectivity index (χ0v) is 16.1. The number of ether oxygens (including phenoxy) is 1. The first-order valence-corrected chi connectivity index (χ1v) is 9.92. The Bertz CT molecular complexity index is 718. The minimum Gasteiger partial charge on any atom is -0.381 e. The molecular weight excluding hydrogens is 324 g/mol. The number of rotatable bonds is 10. The van der Waals surface area contributed by atoms with Crippen LogP contribution in [0.4, 0.5) is 0 Å². The zero-order valence-electron chi connectivity index (χ0n) is 16.1. The molecule has 3 N–H and O–H groups in total. The van der Waals surface area contributed by atoms with Crippen molar-refractivity contribution in [3.8, 4) is 0 Å². The molecule has 0 amide bonds. The van der Waals surface area contributed by atoms with Crippen LogP contribution >= 0.6 is 0 Å². The van der Waals surface area contributed by atoms with Crippen LogP contribution in [0.1, 0.15) is 37.3 Å². The number of aryl methyl sites for hydroxylation is 1. The number of hydrogen-bond donors (Lipinski definition) is 3. The van der Waals surface area contributed by atoms with Crippen LogP contribution in [-0.4, -0.2) is 44.3 Å². The lowest BCUT2D eigenvalue weighted by molar-refractivity contribution is 0.123. The number of nitrogens with zero attached hydrogens (tertiary/aromatic N) is 1. The second kappa shape index (κ2) is 9.62. The van der Waals surface area contributed by atoms with Crippen molar-refractivity contribution in [2.24, 2.45) is 10.9 Å². The standard InChI is InChI=1S/C21H32N4O/c1-3-17-6-4-7-19-18(14-25-20(17)19)10-12-24-21(22-2)23-11-5-13-26-15-16-8-9-16/h4,6-7,14,16,25H,3,5,8-13,15H2,1-2H3,(H2,22,23,24). The monoisotopic (exact) mass is 356 g/mol. The van der Waals surface area contributed by atoms with Crippen LogP contribution in [-0.2, 0) is 17.6 Å². The average Bonchev–Trinajstić information content (AvgIpc) is 3.41. The van der Waals surface area contributed by atoms with Gasteiger partial charge >= 0.3 is 0 Å². The van der Waals surface area contributed by atoms with Gasteiger partial charge in [0.1, 0.15) is 0 Å². The summed E-state index contributed by atoms with van der Waals surface area (Å²) in [6, 6.07) is 6.55. The first-order valence-electron chi connectivity index (χ1n) is 9.92. The van der Waals surface area contributed by atoms with E-state index >= 15 is 0 Å². The maximum absolute atomic E-state index is 5.66. The molecule has 0 atom stereocenters. The number of aliphatic imine (C=N–C) groups is 1. The lowest BCUT2D eigenvalue weighted by Crippen LogP contribution is -2.39. The minimum absolute atomic E-state index is 0.829. The topological polar surface area (TPSA) is 61.4 Å². The predicted molar refractivity (Wildman–Crippen MR) is 109 cm³/mol. The molecule has 26 heavy (non-hydrogen) atoms. The average molecular weight is 357 g/mol. The summed E-state index contributed by atoms with van der Waals surface area (Å²) in [6.07, 6.45) is 7.87.